The zero-order chi connectivity index (χ0) is 12.7. The van der Waals surface area contributed by atoms with Crippen molar-refractivity contribution in [3.8, 4) is 0 Å². The normalized spacial score (nSPS) is 14.6. The summed E-state index contributed by atoms with van der Waals surface area (Å²) < 4.78 is 0. The highest BCUT2D eigenvalue weighted by Crippen LogP contribution is 2.30. The van der Waals surface area contributed by atoms with Crippen molar-refractivity contribution in [1.29, 1.82) is 0 Å². The number of hydrogen-bond acceptors (Lipinski definition) is 0. The quantitative estimate of drug-likeness (QED) is 0.414. The summed E-state index contributed by atoms with van der Waals surface area (Å²) in [6, 6.07) is 9.15. The first kappa shape index (κ1) is 14.8. The lowest BCUT2D eigenvalue weighted by Crippen LogP contribution is -1.94. The Hall–Kier alpha value is -0.300. The van der Waals surface area contributed by atoms with Crippen LogP contribution in [-0.2, 0) is 0 Å². The first-order chi connectivity index (χ1) is 8.19. The van der Waals surface area contributed by atoms with Crippen LogP contribution < -0.4 is 0 Å². The van der Waals surface area contributed by atoms with E-state index in [4.69, 9.17) is 0 Å². The average molecular weight is 297 g/mol. The maximum absolute atomic E-state index is 3.79. The molecule has 0 saturated carbocycles. The molecule has 0 saturated heterocycles. The van der Waals surface area contributed by atoms with Crippen molar-refractivity contribution in [3.05, 3.63) is 35.4 Å². The molecule has 0 aliphatic carbocycles. The highest BCUT2D eigenvalue weighted by molar-refractivity contribution is 9.09. The number of hydrogen-bond donors (Lipinski definition) is 0. The second-order valence-corrected chi connectivity index (χ2v) is 6.04. The Kier molecular flexibility index (Phi) is 6.87. The Balaban J connectivity index is 2.54. The molecule has 1 aromatic rings. The van der Waals surface area contributed by atoms with Crippen molar-refractivity contribution in [2.75, 3.05) is 0 Å². The topological polar surface area (TPSA) is 0 Å². The minimum absolute atomic E-state index is 0.528. The Morgan fingerprint density at radius 3 is 2.12 bits per heavy atom. The van der Waals surface area contributed by atoms with Crippen molar-refractivity contribution in [2.24, 2.45) is 0 Å². The van der Waals surface area contributed by atoms with Gasteiger partial charge in [-0.15, -0.1) is 0 Å². The summed E-state index contributed by atoms with van der Waals surface area (Å²) in [5.41, 5.74) is 2.89. The van der Waals surface area contributed by atoms with Gasteiger partial charge in [-0.1, -0.05) is 80.2 Å². The molecule has 0 amide bonds. The molecule has 0 spiro atoms. The molecule has 0 N–H and O–H groups in total. The number of unbranched alkanes of at least 4 members (excludes halogenated alkanes) is 2. The van der Waals surface area contributed by atoms with Crippen LogP contribution in [0.1, 0.15) is 74.7 Å². The van der Waals surface area contributed by atoms with Crippen LogP contribution in [-0.4, -0.2) is 0 Å². The fourth-order valence-corrected chi connectivity index (χ4v) is 2.64. The van der Waals surface area contributed by atoms with Gasteiger partial charge >= 0.3 is 0 Å². The second kappa shape index (κ2) is 7.92. The molecule has 0 aliphatic heterocycles. The van der Waals surface area contributed by atoms with Gasteiger partial charge in [0.25, 0.3) is 0 Å². The van der Waals surface area contributed by atoms with Gasteiger partial charge in [-0.2, -0.15) is 0 Å². The fraction of sp³-hybridized carbons (Fsp3) is 0.625. The van der Waals surface area contributed by atoms with E-state index < -0.39 is 0 Å². The van der Waals surface area contributed by atoms with Gasteiger partial charge in [-0.25, -0.2) is 0 Å². The largest absolute Gasteiger partial charge is 0.0839 e. The maximum Gasteiger partial charge on any atom is 0.0395 e. The Labute approximate surface area is 115 Å². The first-order valence-electron chi connectivity index (χ1n) is 6.92. The van der Waals surface area contributed by atoms with Crippen molar-refractivity contribution in [2.45, 2.75) is 63.6 Å². The van der Waals surface area contributed by atoms with E-state index in [1.165, 1.54) is 43.2 Å². The molecule has 0 aliphatic rings. The lowest BCUT2D eigenvalue weighted by Gasteiger charge is -2.13. The molecule has 0 aromatic heterocycles. The Morgan fingerprint density at radius 2 is 1.59 bits per heavy atom. The van der Waals surface area contributed by atoms with Gasteiger partial charge in [0.05, 0.1) is 0 Å². The van der Waals surface area contributed by atoms with Crippen LogP contribution in [0.3, 0.4) is 0 Å². The van der Waals surface area contributed by atoms with E-state index in [0.29, 0.717) is 10.7 Å². The van der Waals surface area contributed by atoms with Gasteiger partial charge in [0.15, 0.2) is 0 Å². The molecule has 2 atom stereocenters. The molecule has 1 heteroatoms. The van der Waals surface area contributed by atoms with E-state index in [0.717, 1.165) is 0 Å². The number of halogens is 1. The highest BCUT2D eigenvalue weighted by Gasteiger charge is 2.08. The molecule has 0 nitrogen and oxygen atoms in total. The van der Waals surface area contributed by atoms with Crippen LogP contribution in [0.5, 0.6) is 0 Å². The summed E-state index contributed by atoms with van der Waals surface area (Å²) in [6.45, 7) is 6.79. The first-order valence-corrected chi connectivity index (χ1v) is 7.84. The highest BCUT2D eigenvalue weighted by atomic mass is 79.9. The van der Waals surface area contributed by atoms with Gasteiger partial charge < -0.3 is 0 Å². The molecule has 0 heterocycles. The van der Waals surface area contributed by atoms with E-state index in [9.17, 15) is 0 Å². The molecular weight excluding hydrogens is 272 g/mol. The molecule has 0 bridgehead atoms. The Bertz CT molecular complexity index is 302. The Morgan fingerprint density at radius 1 is 1.00 bits per heavy atom. The smallest absolute Gasteiger partial charge is 0.0395 e. The second-order valence-electron chi connectivity index (χ2n) is 4.94. The number of alkyl halides is 1. The number of benzene rings is 1. The molecule has 2 unspecified atom stereocenters. The third-order valence-corrected chi connectivity index (χ3v) is 4.53. The summed E-state index contributed by atoms with van der Waals surface area (Å²) >= 11 is 3.79. The van der Waals surface area contributed by atoms with Crippen LogP contribution in [0.2, 0.25) is 0 Å². The molecular formula is C16H25Br. The summed E-state index contributed by atoms with van der Waals surface area (Å²) in [7, 11) is 0. The van der Waals surface area contributed by atoms with Crippen LogP contribution in [0.15, 0.2) is 24.3 Å². The minimum Gasteiger partial charge on any atom is -0.0839 e. The standard InChI is InChI=1S/C16H25Br/c1-4-6-7-8-16(17)15-11-9-14(10-12-15)13(3)5-2/h9-13,16H,4-8H2,1-3H3. The van der Waals surface area contributed by atoms with Crippen LogP contribution in [0.4, 0.5) is 0 Å². The average Bonchev–Trinajstić information content (AvgIpc) is 2.38. The van der Waals surface area contributed by atoms with Crippen LogP contribution in [0.25, 0.3) is 0 Å². The summed E-state index contributed by atoms with van der Waals surface area (Å²) in [5.74, 6) is 0.679. The summed E-state index contributed by atoms with van der Waals surface area (Å²) in [6.07, 6.45) is 6.42. The van der Waals surface area contributed by atoms with Gasteiger partial charge in [0.1, 0.15) is 0 Å². The van der Waals surface area contributed by atoms with Crippen molar-refractivity contribution in [1.82, 2.24) is 0 Å². The van der Waals surface area contributed by atoms with Crippen molar-refractivity contribution < 1.29 is 0 Å². The van der Waals surface area contributed by atoms with Crippen LogP contribution >= 0.6 is 15.9 Å². The zero-order valence-electron chi connectivity index (χ0n) is 11.4. The predicted molar refractivity (Wildman–Crippen MR) is 81.0 cm³/mol. The third-order valence-electron chi connectivity index (χ3n) is 3.54. The van der Waals surface area contributed by atoms with Crippen molar-refractivity contribution in [3.63, 3.8) is 0 Å². The molecule has 1 rings (SSSR count). The number of rotatable bonds is 7. The van der Waals surface area contributed by atoms with E-state index in [-0.39, 0.29) is 0 Å². The lowest BCUT2D eigenvalue weighted by molar-refractivity contribution is 0.663. The van der Waals surface area contributed by atoms with Gasteiger partial charge in [-0.05, 0) is 29.9 Å². The van der Waals surface area contributed by atoms with Gasteiger partial charge in [0, 0.05) is 4.83 Å². The summed E-state index contributed by atoms with van der Waals surface area (Å²) in [4.78, 5) is 0.528. The fourth-order valence-electron chi connectivity index (χ4n) is 2.01. The van der Waals surface area contributed by atoms with E-state index >= 15 is 0 Å². The van der Waals surface area contributed by atoms with E-state index in [1.54, 1.807) is 0 Å². The molecule has 1 aromatic carbocycles. The maximum atomic E-state index is 3.79. The SMILES string of the molecule is CCCCCC(Br)c1ccc(C(C)CC)cc1. The monoisotopic (exact) mass is 296 g/mol. The predicted octanol–water partition coefficient (Wildman–Crippen LogP) is 6.22. The summed E-state index contributed by atoms with van der Waals surface area (Å²) in [5, 5.41) is 0. The lowest BCUT2D eigenvalue weighted by atomic mass is 9.96. The van der Waals surface area contributed by atoms with Gasteiger partial charge in [0.2, 0.25) is 0 Å². The molecule has 17 heavy (non-hydrogen) atoms. The third kappa shape index (κ3) is 4.83. The van der Waals surface area contributed by atoms with E-state index in [2.05, 4.69) is 61.0 Å². The minimum atomic E-state index is 0.528. The van der Waals surface area contributed by atoms with E-state index in [1.807, 2.05) is 0 Å². The molecule has 96 valence electrons. The van der Waals surface area contributed by atoms with Crippen LogP contribution in [0, 0.1) is 0 Å². The van der Waals surface area contributed by atoms with Crippen molar-refractivity contribution >= 4 is 15.9 Å². The molecule has 0 fully saturated rings. The van der Waals surface area contributed by atoms with Gasteiger partial charge in [-0.3, -0.25) is 0 Å². The molecule has 0 radical (unpaired) electrons. The zero-order valence-corrected chi connectivity index (χ0v) is 13.0.